The number of hydrogen-bond acceptors (Lipinski definition) is 6. The van der Waals surface area contributed by atoms with E-state index in [-0.39, 0.29) is 63.3 Å². The molecule has 5 fully saturated rings. The van der Waals surface area contributed by atoms with Crippen LogP contribution in [-0.2, 0) is 23.9 Å². The molecule has 6 aliphatic carbocycles. The van der Waals surface area contributed by atoms with Crippen LogP contribution in [0.25, 0.3) is 0 Å². The number of fused-ring (bicyclic) bond motifs is 6. The van der Waals surface area contributed by atoms with Crippen LogP contribution in [0.5, 0.6) is 0 Å². The van der Waals surface area contributed by atoms with Crippen molar-refractivity contribution in [1.29, 1.82) is 0 Å². The molecule has 0 aromatic rings. The minimum Gasteiger partial charge on any atom is -0.481 e. The van der Waals surface area contributed by atoms with Crippen molar-refractivity contribution in [2.24, 2.45) is 56.2 Å². The number of ether oxygens (including phenoxy) is 2. The van der Waals surface area contributed by atoms with Gasteiger partial charge in [-0.15, -0.1) is 0 Å². The Bertz CT molecular complexity index is 1450. The van der Waals surface area contributed by atoms with Crippen LogP contribution in [0.15, 0.2) is 11.1 Å². The van der Waals surface area contributed by atoms with Crippen molar-refractivity contribution in [2.75, 3.05) is 6.61 Å². The molecule has 0 heterocycles. The molecule has 0 aromatic heterocycles. The maximum absolute atomic E-state index is 13.9. The quantitative estimate of drug-likeness (QED) is 0.194. The van der Waals surface area contributed by atoms with Gasteiger partial charge in [0.05, 0.1) is 24.0 Å². The van der Waals surface area contributed by atoms with E-state index in [1.807, 2.05) is 0 Å². The van der Waals surface area contributed by atoms with Crippen LogP contribution in [0.1, 0.15) is 146 Å². The topological polar surface area (TPSA) is 119 Å². The summed E-state index contributed by atoms with van der Waals surface area (Å²) in [6.07, 6.45) is 9.25. The van der Waals surface area contributed by atoms with Crippen molar-refractivity contribution in [3.05, 3.63) is 11.1 Å². The molecule has 0 radical (unpaired) electrons. The first-order chi connectivity index (χ1) is 22.6. The van der Waals surface area contributed by atoms with Gasteiger partial charge in [-0.3, -0.25) is 14.4 Å². The number of hydrogen-bond donors (Lipinski definition) is 2. The molecule has 0 aliphatic heterocycles. The van der Waals surface area contributed by atoms with Crippen molar-refractivity contribution in [2.45, 2.75) is 158 Å². The molecule has 0 spiro atoms. The van der Waals surface area contributed by atoms with Crippen molar-refractivity contribution in [3.63, 3.8) is 0 Å². The lowest BCUT2D eigenvalue weighted by Gasteiger charge is -2.70. The van der Waals surface area contributed by atoms with Crippen molar-refractivity contribution < 1.29 is 33.8 Å². The van der Waals surface area contributed by atoms with Crippen molar-refractivity contribution in [3.8, 4) is 0 Å². The van der Waals surface area contributed by atoms with E-state index in [0.717, 1.165) is 64.2 Å². The molecule has 6 rings (SSSR count). The smallest absolute Gasteiger partial charge is 0.407 e. The van der Waals surface area contributed by atoms with Gasteiger partial charge in [0.25, 0.3) is 0 Å². The highest BCUT2D eigenvalue weighted by molar-refractivity contribution is 5.92. The number of ketones is 1. The maximum Gasteiger partial charge on any atom is 0.407 e. The Morgan fingerprint density at radius 3 is 2.20 bits per heavy atom. The number of carboxylic acid groups (broad SMARTS) is 1. The lowest BCUT2D eigenvalue weighted by molar-refractivity contribution is -0.214. The fourth-order valence-electron chi connectivity index (χ4n) is 12.3. The number of carboxylic acids is 1. The second kappa shape index (κ2) is 11.6. The molecule has 274 valence electrons. The highest BCUT2D eigenvalue weighted by Gasteiger charge is 2.69. The highest BCUT2D eigenvalue weighted by Crippen LogP contribution is 2.75. The molecule has 3 unspecified atom stereocenters. The van der Waals surface area contributed by atoms with E-state index in [4.69, 9.17) is 9.47 Å². The number of carbonyl (C=O) groups excluding carboxylic acids is 3. The molecular formula is C41H63NO7. The van der Waals surface area contributed by atoms with Gasteiger partial charge in [-0.1, -0.05) is 61.0 Å². The first kappa shape index (κ1) is 36.4. The number of aliphatic carboxylic acids is 1. The lowest BCUT2D eigenvalue weighted by Crippen LogP contribution is -2.65. The number of nitrogens with one attached hydrogen (secondary N) is 1. The van der Waals surface area contributed by atoms with Crippen LogP contribution >= 0.6 is 0 Å². The molecule has 1 amide bonds. The zero-order valence-electron chi connectivity index (χ0n) is 32.0. The summed E-state index contributed by atoms with van der Waals surface area (Å²) in [6, 6.07) is 0. The van der Waals surface area contributed by atoms with Gasteiger partial charge in [0.2, 0.25) is 0 Å². The van der Waals surface area contributed by atoms with Crippen molar-refractivity contribution >= 4 is 23.8 Å². The third-order valence-corrected chi connectivity index (χ3v) is 15.7. The summed E-state index contributed by atoms with van der Waals surface area (Å²) in [5.74, 6) is -0.369. The Hall–Kier alpha value is -2.38. The SMILES string of the molecule is CC(C)C1C(=O)C[C@]2(NC(=O)OCC3(C)CC3)CC[C@]3(C)C(=C12)CCC1[C@@]2(C)CC[C@H](OC(=O)CC(C)(C)C(=O)O)C(C)(C)C2CC[C@]13C. The van der Waals surface area contributed by atoms with Crippen molar-refractivity contribution in [1.82, 2.24) is 5.32 Å². The van der Waals surface area contributed by atoms with Gasteiger partial charge in [0.1, 0.15) is 11.9 Å². The van der Waals surface area contributed by atoms with Crippen LogP contribution in [0.3, 0.4) is 0 Å². The van der Waals surface area contributed by atoms with E-state index in [1.54, 1.807) is 13.8 Å². The second-order valence-electron chi connectivity index (χ2n) is 20.0. The number of allylic oxidation sites excluding steroid dienone is 1. The zero-order valence-corrected chi connectivity index (χ0v) is 32.0. The number of Topliss-reactive ketones (excluding diaryl/α,β-unsaturated/α-hetero) is 1. The third-order valence-electron chi connectivity index (χ3n) is 15.7. The minimum atomic E-state index is -1.16. The summed E-state index contributed by atoms with van der Waals surface area (Å²) in [5.41, 5.74) is 0.645. The number of amides is 1. The summed E-state index contributed by atoms with van der Waals surface area (Å²) in [7, 11) is 0. The largest absolute Gasteiger partial charge is 0.481 e. The molecule has 0 aromatic carbocycles. The first-order valence-electron chi connectivity index (χ1n) is 19.2. The van der Waals surface area contributed by atoms with E-state index < -0.39 is 22.9 Å². The van der Waals surface area contributed by atoms with Crippen LogP contribution in [0, 0.1) is 56.2 Å². The predicted octanol–water partition coefficient (Wildman–Crippen LogP) is 8.66. The third kappa shape index (κ3) is 5.59. The molecule has 8 atom stereocenters. The number of alkyl carbamates (subject to hydrolysis) is 1. The molecule has 0 bridgehead atoms. The minimum absolute atomic E-state index is 0.0182. The first-order valence-corrected chi connectivity index (χ1v) is 19.2. The van der Waals surface area contributed by atoms with Gasteiger partial charge in [0.15, 0.2) is 0 Å². The fraction of sp³-hybridized carbons (Fsp3) is 0.854. The molecular weight excluding hydrogens is 618 g/mol. The van der Waals surface area contributed by atoms with Gasteiger partial charge in [-0.2, -0.15) is 0 Å². The summed E-state index contributed by atoms with van der Waals surface area (Å²) in [6.45, 7) is 22.1. The molecule has 0 saturated heterocycles. The van der Waals surface area contributed by atoms with E-state index in [9.17, 15) is 24.3 Å². The van der Waals surface area contributed by atoms with Gasteiger partial charge in [0, 0.05) is 23.2 Å². The number of carbonyl (C=O) groups is 4. The number of rotatable bonds is 8. The second-order valence-corrected chi connectivity index (χ2v) is 20.0. The monoisotopic (exact) mass is 681 g/mol. The van der Waals surface area contributed by atoms with Crippen LogP contribution < -0.4 is 5.32 Å². The van der Waals surface area contributed by atoms with E-state index in [2.05, 4.69) is 60.7 Å². The Morgan fingerprint density at radius 2 is 1.59 bits per heavy atom. The average Bonchev–Trinajstić information content (AvgIpc) is 3.64. The summed E-state index contributed by atoms with van der Waals surface area (Å²) in [4.78, 5) is 52.0. The van der Waals surface area contributed by atoms with Gasteiger partial charge in [-0.05, 0) is 118 Å². The molecule has 6 aliphatic rings. The summed E-state index contributed by atoms with van der Waals surface area (Å²) < 4.78 is 11.9. The maximum atomic E-state index is 13.9. The molecule has 5 saturated carbocycles. The Kier molecular flexibility index (Phi) is 8.59. The lowest BCUT2D eigenvalue weighted by atomic mass is 9.34. The van der Waals surface area contributed by atoms with Gasteiger partial charge >= 0.3 is 18.0 Å². The van der Waals surface area contributed by atoms with E-state index >= 15 is 0 Å². The van der Waals surface area contributed by atoms with Crippen LogP contribution in [0.2, 0.25) is 0 Å². The zero-order chi connectivity index (χ0) is 36.2. The average molecular weight is 682 g/mol. The number of esters is 1. The molecule has 8 heteroatoms. The predicted molar refractivity (Wildman–Crippen MR) is 187 cm³/mol. The Balaban J connectivity index is 1.29. The summed E-state index contributed by atoms with van der Waals surface area (Å²) in [5, 5.41) is 12.9. The Morgan fingerprint density at radius 1 is 0.918 bits per heavy atom. The molecule has 8 nitrogen and oxygen atoms in total. The molecule has 49 heavy (non-hydrogen) atoms. The van der Waals surface area contributed by atoms with Gasteiger partial charge < -0.3 is 19.9 Å². The Labute approximate surface area is 294 Å². The van der Waals surface area contributed by atoms with E-state index in [0.29, 0.717) is 24.9 Å². The molecule has 2 N–H and O–H groups in total. The normalized spacial score (nSPS) is 40.4. The highest BCUT2D eigenvalue weighted by atomic mass is 16.6. The van der Waals surface area contributed by atoms with Crippen LogP contribution in [0.4, 0.5) is 4.79 Å². The van der Waals surface area contributed by atoms with Crippen LogP contribution in [-0.4, -0.2) is 47.2 Å². The summed E-state index contributed by atoms with van der Waals surface area (Å²) >= 11 is 0. The fourth-order valence-corrected chi connectivity index (χ4v) is 12.3. The standard InChI is InChI=1S/C41H63NO7/c1-24(2)31-26(43)21-41(42-34(47)48-23-37(7)17-18-37)20-19-39(9)25(32(31)41)11-12-28-38(8)15-14-29(49-30(44)22-35(3,4)33(45)46)36(5,6)27(38)13-16-40(28,39)10/h24,27-29,31H,11-23H2,1-10H3,(H,42,47)(H,45,46)/t27?,28?,29-,31?,38-,39+,40+,41+/m0/s1. The van der Waals surface area contributed by atoms with E-state index in [1.165, 1.54) is 11.1 Å². The van der Waals surface area contributed by atoms with Gasteiger partial charge in [-0.25, -0.2) is 4.79 Å².